The molecule has 1 aromatic rings. The molecule has 0 spiro atoms. The summed E-state index contributed by atoms with van der Waals surface area (Å²) in [6.07, 6.45) is 4.14. The number of nitrogens with one attached hydrogen (secondary N) is 1. The summed E-state index contributed by atoms with van der Waals surface area (Å²) in [6.45, 7) is 6.94. The Morgan fingerprint density at radius 3 is 2.76 bits per heavy atom. The summed E-state index contributed by atoms with van der Waals surface area (Å²) in [5.41, 5.74) is 2.61. The van der Waals surface area contributed by atoms with Crippen LogP contribution in [0.3, 0.4) is 0 Å². The van der Waals surface area contributed by atoms with E-state index in [4.69, 9.17) is 0 Å². The minimum atomic E-state index is 0.429. The number of benzene rings is 1. The second-order valence-electron chi connectivity index (χ2n) is 4.47. The molecule has 0 aromatic heterocycles. The predicted octanol–water partition coefficient (Wildman–Crippen LogP) is 3.37. The SMILES string of the molecule is C=CCCC(NCC)c1cccc(N(C)C)c1. The minimum absolute atomic E-state index is 0.429. The largest absolute Gasteiger partial charge is 0.378 e. The highest BCUT2D eigenvalue weighted by atomic mass is 15.1. The van der Waals surface area contributed by atoms with Crippen molar-refractivity contribution in [1.82, 2.24) is 5.32 Å². The molecule has 0 saturated heterocycles. The van der Waals surface area contributed by atoms with Gasteiger partial charge in [0.05, 0.1) is 0 Å². The Bertz CT molecular complexity index is 345. The first-order valence-corrected chi connectivity index (χ1v) is 6.30. The van der Waals surface area contributed by atoms with Gasteiger partial charge in [-0.2, -0.15) is 0 Å². The fourth-order valence-corrected chi connectivity index (χ4v) is 1.94. The number of hydrogen-bond donors (Lipinski definition) is 1. The summed E-state index contributed by atoms with van der Waals surface area (Å²) < 4.78 is 0. The standard InChI is InChI=1S/C15H24N2/c1-5-7-11-15(16-6-2)13-9-8-10-14(12-13)17(3)4/h5,8-10,12,15-16H,1,6-7,11H2,2-4H3. The van der Waals surface area contributed by atoms with E-state index in [0.717, 1.165) is 19.4 Å². The lowest BCUT2D eigenvalue weighted by molar-refractivity contribution is 0.520. The molecule has 17 heavy (non-hydrogen) atoms. The van der Waals surface area contributed by atoms with Crippen LogP contribution in [0.15, 0.2) is 36.9 Å². The van der Waals surface area contributed by atoms with E-state index in [1.54, 1.807) is 0 Å². The van der Waals surface area contributed by atoms with E-state index >= 15 is 0 Å². The van der Waals surface area contributed by atoms with Crippen molar-refractivity contribution in [2.45, 2.75) is 25.8 Å². The van der Waals surface area contributed by atoms with Gasteiger partial charge < -0.3 is 10.2 Å². The Morgan fingerprint density at radius 1 is 1.41 bits per heavy atom. The third-order valence-electron chi connectivity index (χ3n) is 2.90. The molecule has 1 atom stereocenters. The van der Waals surface area contributed by atoms with Gasteiger partial charge in [0.15, 0.2) is 0 Å². The molecule has 94 valence electrons. The van der Waals surface area contributed by atoms with Gasteiger partial charge in [0.25, 0.3) is 0 Å². The average molecular weight is 232 g/mol. The van der Waals surface area contributed by atoms with Gasteiger partial charge in [-0.15, -0.1) is 6.58 Å². The summed E-state index contributed by atoms with van der Waals surface area (Å²) >= 11 is 0. The quantitative estimate of drug-likeness (QED) is 0.725. The summed E-state index contributed by atoms with van der Waals surface area (Å²) in [4.78, 5) is 2.14. The molecule has 0 aliphatic rings. The van der Waals surface area contributed by atoms with Crippen LogP contribution in [0.1, 0.15) is 31.4 Å². The molecule has 1 aromatic carbocycles. The molecule has 1 unspecified atom stereocenters. The van der Waals surface area contributed by atoms with Gasteiger partial charge in [-0.05, 0) is 37.1 Å². The van der Waals surface area contributed by atoms with Gasteiger partial charge in [-0.1, -0.05) is 25.1 Å². The van der Waals surface area contributed by atoms with Crippen LogP contribution >= 0.6 is 0 Å². The maximum Gasteiger partial charge on any atom is 0.0364 e. The number of rotatable bonds is 7. The van der Waals surface area contributed by atoms with E-state index in [-0.39, 0.29) is 0 Å². The lowest BCUT2D eigenvalue weighted by atomic mass is 10.0. The number of anilines is 1. The Hall–Kier alpha value is -1.28. The molecule has 2 nitrogen and oxygen atoms in total. The van der Waals surface area contributed by atoms with Gasteiger partial charge in [0.2, 0.25) is 0 Å². The highest BCUT2D eigenvalue weighted by Gasteiger charge is 2.09. The third kappa shape index (κ3) is 4.23. The highest BCUT2D eigenvalue weighted by Crippen LogP contribution is 2.22. The molecular weight excluding hydrogens is 208 g/mol. The maximum atomic E-state index is 3.80. The normalized spacial score (nSPS) is 12.2. The molecule has 0 heterocycles. The molecule has 1 N–H and O–H groups in total. The Kier molecular flexibility index (Phi) is 5.78. The van der Waals surface area contributed by atoms with Crippen LogP contribution in [-0.2, 0) is 0 Å². The van der Waals surface area contributed by atoms with Crippen LogP contribution < -0.4 is 10.2 Å². The van der Waals surface area contributed by atoms with Crippen molar-refractivity contribution in [3.05, 3.63) is 42.5 Å². The first kappa shape index (κ1) is 13.8. The van der Waals surface area contributed by atoms with Crippen LogP contribution in [-0.4, -0.2) is 20.6 Å². The molecule has 1 rings (SSSR count). The molecule has 0 bridgehead atoms. The summed E-state index contributed by atoms with van der Waals surface area (Å²) in [5.74, 6) is 0. The molecule has 0 aliphatic heterocycles. The van der Waals surface area contributed by atoms with Crippen LogP contribution in [0.5, 0.6) is 0 Å². The van der Waals surface area contributed by atoms with E-state index in [9.17, 15) is 0 Å². The van der Waals surface area contributed by atoms with Crippen molar-refractivity contribution >= 4 is 5.69 Å². The van der Waals surface area contributed by atoms with Gasteiger partial charge in [0, 0.05) is 25.8 Å². The van der Waals surface area contributed by atoms with Crippen LogP contribution in [0.25, 0.3) is 0 Å². The first-order chi connectivity index (χ1) is 8.19. The third-order valence-corrected chi connectivity index (χ3v) is 2.90. The van der Waals surface area contributed by atoms with Gasteiger partial charge in [0.1, 0.15) is 0 Å². The molecule has 0 amide bonds. The summed E-state index contributed by atoms with van der Waals surface area (Å²) in [6, 6.07) is 9.15. The van der Waals surface area contributed by atoms with Crippen molar-refractivity contribution in [2.75, 3.05) is 25.5 Å². The molecule has 0 aliphatic carbocycles. The molecule has 0 fully saturated rings. The van der Waals surface area contributed by atoms with Gasteiger partial charge in [-0.3, -0.25) is 0 Å². The van der Waals surface area contributed by atoms with Crippen molar-refractivity contribution < 1.29 is 0 Å². The van der Waals surface area contributed by atoms with Gasteiger partial charge >= 0.3 is 0 Å². The Morgan fingerprint density at radius 2 is 2.18 bits per heavy atom. The second-order valence-corrected chi connectivity index (χ2v) is 4.47. The topological polar surface area (TPSA) is 15.3 Å². The summed E-state index contributed by atoms with van der Waals surface area (Å²) in [7, 11) is 4.15. The lowest BCUT2D eigenvalue weighted by Crippen LogP contribution is -2.21. The monoisotopic (exact) mass is 232 g/mol. The maximum absolute atomic E-state index is 3.80. The molecular formula is C15H24N2. The first-order valence-electron chi connectivity index (χ1n) is 6.30. The molecule has 0 saturated carbocycles. The predicted molar refractivity (Wildman–Crippen MR) is 76.6 cm³/mol. The van der Waals surface area contributed by atoms with E-state index < -0.39 is 0 Å². The number of nitrogens with zero attached hydrogens (tertiary/aromatic N) is 1. The van der Waals surface area contributed by atoms with Crippen molar-refractivity contribution in [2.24, 2.45) is 0 Å². The summed E-state index contributed by atoms with van der Waals surface area (Å²) in [5, 5.41) is 3.53. The fraction of sp³-hybridized carbons (Fsp3) is 0.467. The Balaban J connectivity index is 2.84. The highest BCUT2D eigenvalue weighted by molar-refractivity contribution is 5.47. The number of hydrogen-bond acceptors (Lipinski definition) is 2. The van der Waals surface area contributed by atoms with E-state index in [1.807, 2.05) is 6.08 Å². The van der Waals surface area contributed by atoms with Crippen molar-refractivity contribution in [3.8, 4) is 0 Å². The van der Waals surface area contributed by atoms with E-state index in [1.165, 1.54) is 11.3 Å². The molecule has 2 heteroatoms. The second kappa shape index (κ2) is 7.13. The van der Waals surface area contributed by atoms with Crippen LogP contribution in [0.4, 0.5) is 5.69 Å². The van der Waals surface area contributed by atoms with Gasteiger partial charge in [-0.25, -0.2) is 0 Å². The lowest BCUT2D eigenvalue weighted by Gasteiger charge is -2.20. The zero-order valence-corrected chi connectivity index (χ0v) is 11.2. The smallest absolute Gasteiger partial charge is 0.0364 e. The fourth-order valence-electron chi connectivity index (χ4n) is 1.94. The van der Waals surface area contributed by atoms with Crippen molar-refractivity contribution in [3.63, 3.8) is 0 Å². The zero-order valence-electron chi connectivity index (χ0n) is 11.2. The molecule has 0 radical (unpaired) electrons. The van der Waals surface area contributed by atoms with E-state index in [2.05, 4.69) is 62.1 Å². The Labute approximate surface area is 105 Å². The minimum Gasteiger partial charge on any atom is -0.378 e. The number of allylic oxidation sites excluding steroid dienone is 1. The van der Waals surface area contributed by atoms with E-state index in [0.29, 0.717) is 6.04 Å². The van der Waals surface area contributed by atoms with Crippen LogP contribution in [0, 0.1) is 0 Å². The zero-order chi connectivity index (χ0) is 12.7. The average Bonchev–Trinajstić information content (AvgIpc) is 2.34. The van der Waals surface area contributed by atoms with Crippen LogP contribution in [0.2, 0.25) is 0 Å². The van der Waals surface area contributed by atoms with Crippen molar-refractivity contribution in [1.29, 1.82) is 0 Å².